The number of carbonyl (C=O) groups excluding carboxylic acids is 4. The van der Waals surface area contributed by atoms with Crippen molar-refractivity contribution in [3.8, 4) is 5.75 Å². The normalized spacial score (nSPS) is 12.4. The summed E-state index contributed by atoms with van der Waals surface area (Å²) in [6.07, 6.45) is 3.69. The van der Waals surface area contributed by atoms with E-state index in [-0.39, 0.29) is 36.2 Å². The molecule has 2 heterocycles. The predicted molar refractivity (Wildman–Crippen MR) is 154 cm³/mol. The average molecular weight is 587 g/mol. The quantitative estimate of drug-likeness (QED) is 0.184. The lowest BCUT2D eigenvalue weighted by Crippen LogP contribution is -2.37. The number of carbonyl (C=O) groups is 4. The van der Waals surface area contributed by atoms with E-state index in [1.54, 1.807) is 31.2 Å². The number of nitrogens with zero attached hydrogens (tertiary/aromatic N) is 4. The number of imide groups is 1. The summed E-state index contributed by atoms with van der Waals surface area (Å²) in [6.45, 7) is 2.82. The molecule has 0 saturated heterocycles. The van der Waals surface area contributed by atoms with Gasteiger partial charge >= 0.3 is 12.1 Å². The molecule has 3 N–H and O–H groups in total. The van der Waals surface area contributed by atoms with E-state index in [2.05, 4.69) is 20.7 Å². The van der Waals surface area contributed by atoms with Crippen LogP contribution in [0.3, 0.4) is 0 Å². The fourth-order valence-electron chi connectivity index (χ4n) is 4.23. The number of hydrogen-bond acceptors (Lipinski definition) is 10. The maximum atomic E-state index is 13.3. The number of phenolic OH excluding ortho intramolecular Hbond substituents is 1. The number of benzene rings is 2. The molecule has 13 nitrogen and oxygen atoms in total. The van der Waals surface area contributed by atoms with Crippen LogP contribution in [0.5, 0.6) is 5.75 Å². The first-order chi connectivity index (χ1) is 20.7. The Morgan fingerprint density at radius 3 is 2.53 bits per heavy atom. The lowest BCUT2D eigenvalue weighted by Gasteiger charge is -2.17. The molecule has 4 aromatic rings. The van der Waals surface area contributed by atoms with Crippen molar-refractivity contribution >= 4 is 40.9 Å². The number of aromatic nitrogens is 3. The first-order valence-electron chi connectivity index (χ1n) is 13.7. The van der Waals surface area contributed by atoms with E-state index in [4.69, 9.17) is 9.47 Å². The van der Waals surface area contributed by atoms with Crippen LogP contribution in [0, 0.1) is 6.92 Å². The van der Waals surface area contributed by atoms with E-state index >= 15 is 0 Å². The summed E-state index contributed by atoms with van der Waals surface area (Å²) in [5.74, 6) is -0.972. The van der Waals surface area contributed by atoms with Crippen molar-refractivity contribution < 1.29 is 33.8 Å². The molecule has 1 aliphatic carbocycles. The first kappa shape index (κ1) is 29.0. The van der Waals surface area contributed by atoms with Gasteiger partial charge in [0.1, 0.15) is 17.6 Å². The summed E-state index contributed by atoms with van der Waals surface area (Å²) in [5.41, 5.74) is 3.29. The molecule has 1 fully saturated rings. The zero-order chi connectivity index (χ0) is 30.5. The molecule has 5 rings (SSSR count). The number of esters is 1. The van der Waals surface area contributed by atoms with E-state index in [1.807, 2.05) is 13.0 Å². The Kier molecular flexibility index (Phi) is 8.51. The molecular formula is C30H30N6O7. The highest BCUT2D eigenvalue weighted by molar-refractivity contribution is 6.04. The van der Waals surface area contributed by atoms with Crippen molar-refractivity contribution in [2.75, 3.05) is 18.7 Å². The van der Waals surface area contributed by atoms with Crippen LogP contribution in [0.15, 0.2) is 61.1 Å². The van der Waals surface area contributed by atoms with Crippen LogP contribution in [0.25, 0.3) is 5.52 Å². The second kappa shape index (κ2) is 12.6. The lowest BCUT2D eigenvalue weighted by atomic mass is 10.1. The molecule has 222 valence electrons. The van der Waals surface area contributed by atoms with E-state index in [0.717, 1.165) is 23.3 Å². The zero-order valence-electron chi connectivity index (χ0n) is 23.6. The molecule has 43 heavy (non-hydrogen) atoms. The van der Waals surface area contributed by atoms with E-state index in [1.165, 1.54) is 35.2 Å². The first-order valence-corrected chi connectivity index (χ1v) is 13.7. The third kappa shape index (κ3) is 7.07. The minimum absolute atomic E-state index is 0.00297. The van der Waals surface area contributed by atoms with E-state index in [0.29, 0.717) is 28.1 Å². The topological polar surface area (TPSA) is 164 Å². The molecule has 0 radical (unpaired) electrons. The van der Waals surface area contributed by atoms with Gasteiger partial charge in [-0.2, -0.15) is 5.10 Å². The molecule has 1 saturated carbocycles. The van der Waals surface area contributed by atoms with Crippen molar-refractivity contribution in [2.45, 2.75) is 39.2 Å². The van der Waals surface area contributed by atoms with Crippen LogP contribution in [-0.4, -0.2) is 67.9 Å². The molecule has 2 aromatic carbocycles. The molecule has 0 bridgehead atoms. The van der Waals surface area contributed by atoms with Crippen molar-refractivity contribution in [3.05, 3.63) is 83.3 Å². The standard InChI is InChI=1S/C30H30N6O7/c1-3-35(30(41)43-17-42-26(38)12-19-5-10-23(37)11-6-19)29(40)21-14-25-27(31-16-32-36(25)15-21)34-24-13-20(7-4-18(24)2)28(39)33-22-8-9-22/h4-7,10-11,13-16,22,37H,3,8-9,12,17H2,1-2H3,(H,33,39)(H,31,32,34). The Labute approximate surface area is 246 Å². The number of fused-ring (bicyclic) bond motifs is 1. The van der Waals surface area contributed by atoms with Crippen molar-refractivity contribution in [1.29, 1.82) is 0 Å². The minimum Gasteiger partial charge on any atom is -0.508 e. The molecule has 0 unspecified atom stereocenters. The third-order valence-corrected chi connectivity index (χ3v) is 6.79. The van der Waals surface area contributed by atoms with Gasteiger partial charge in [-0.05, 0) is 68.1 Å². The number of aromatic hydroxyl groups is 1. The van der Waals surface area contributed by atoms with Crippen LogP contribution in [0.1, 0.15) is 51.6 Å². The van der Waals surface area contributed by atoms with Crippen molar-refractivity contribution in [1.82, 2.24) is 24.8 Å². The highest BCUT2D eigenvalue weighted by Crippen LogP contribution is 2.26. The maximum absolute atomic E-state index is 13.3. The van der Waals surface area contributed by atoms with Crippen LogP contribution >= 0.6 is 0 Å². The molecule has 0 atom stereocenters. The van der Waals surface area contributed by atoms with Gasteiger partial charge in [0.05, 0.1) is 12.0 Å². The SMILES string of the molecule is CCN(C(=O)OCOC(=O)Cc1ccc(O)cc1)C(=O)c1cc2c(Nc3cc(C(=O)NC4CC4)ccc3C)ncnn2c1. The number of aryl methyl sites for hydroxylation is 1. The summed E-state index contributed by atoms with van der Waals surface area (Å²) < 4.78 is 11.4. The zero-order valence-corrected chi connectivity index (χ0v) is 23.6. The molecular weight excluding hydrogens is 556 g/mol. The monoisotopic (exact) mass is 586 g/mol. The largest absolute Gasteiger partial charge is 0.508 e. The summed E-state index contributed by atoms with van der Waals surface area (Å²) in [4.78, 5) is 55.7. The van der Waals surface area contributed by atoms with E-state index in [9.17, 15) is 24.3 Å². The molecule has 2 aromatic heterocycles. The number of ether oxygens (including phenoxy) is 2. The van der Waals surface area contributed by atoms with Crippen LogP contribution in [0.2, 0.25) is 0 Å². The summed E-state index contributed by atoms with van der Waals surface area (Å²) in [5, 5.41) is 19.7. The number of amides is 3. The Bertz CT molecular complexity index is 1680. The van der Waals surface area contributed by atoms with Gasteiger partial charge in [0.15, 0.2) is 5.82 Å². The molecule has 0 aliphatic heterocycles. The number of phenols is 1. The minimum atomic E-state index is -0.985. The smallest absolute Gasteiger partial charge is 0.419 e. The highest BCUT2D eigenvalue weighted by Gasteiger charge is 2.26. The Balaban J connectivity index is 1.24. The lowest BCUT2D eigenvalue weighted by molar-refractivity contribution is -0.151. The van der Waals surface area contributed by atoms with Gasteiger partial charge in [-0.25, -0.2) is 19.2 Å². The Hall–Kier alpha value is -5.46. The summed E-state index contributed by atoms with van der Waals surface area (Å²) >= 11 is 0. The van der Waals surface area contributed by atoms with Gasteiger partial charge in [-0.15, -0.1) is 0 Å². The summed E-state index contributed by atoms with van der Waals surface area (Å²) in [6, 6.07) is 13.1. The fourth-order valence-corrected chi connectivity index (χ4v) is 4.23. The number of nitrogens with one attached hydrogen (secondary N) is 2. The van der Waals surface area contributed by atoms with Gasteiger partial charge in [0.2, 0.25) is 6.79 Å². The molecule has 13 heteroatoms. The molecule has 3 amide bonds. The Morgan fingerprint density at radius 1 is 1.05 bits per heavy atom. The van der Waals surface area contributed by atoms with Gasteiger partial charge in [0.25, 0.3) is 11.8 Å². The highest BCUT2D eigenvalue weighted by atomic mass is 16.7. The molecule has 0 spiro atoms. The van der Waals surface area contributed by atoms with Crippen LogP contribution in [0.4, 0.5) is 16.3 Å². The van der Waals surface area contributed by atoms with Crippen molar-refractivity contribution in [2.24, 2.45) is 0 Å². The fraction of sp³-hybridized carbons (Fsp3) is 0.267. The number of rotatable bonds is 10. The van der Waals surface area contributed by atoms with Gasteiger partial charge < -0.3 is 25.2 Å². The summed E-state index contributed by atoms with van der Waals surface area (Å²) in [7, 11) is 0. The average Bonchev–Trinajstić information content (AvgIpc) is 3.69. The predicted octanol–water partition coefficient (Wildman–Crippen LogP) is 3.72. The van der Waals surface area contributed by atoms with Gasteiger partial charge in [-0.3, -0.25) is 14.4 Å². The van der Waals surface area contributed by atoms with E-state index < -0.39 is 24.8 Å². The second-order valence-corrected chi connectivity index (χ2v) is 10.0. The Morgan fingerprint density at radius 2 is 1.81 bits per heavy atom. The second-order valence-electron chi connectivity index (χ2n) is 10.0. The van der Waals surface area contributed by atoms with Gasteiger partial charge in [0, 0.05) is 30.0 Å². The molecule has 1 aliphatic rings. The maximum Gasteiger partial charge on any atom is 0.419 e. The van der Waals surface area contributed by atoms with Crippen LogP contribution < -0.4 is 10.6 Å². The van der Waals surface area contributed by atoms with Crippen molar-refractivity contribution in [3.63, 3.8) is 0 Å². The van der Waals surface area contributed by atoms with Gasteiger partial charge in [-0.1, -0.05) is 18.2 Å². The number of anilines is 2. The third-order valence-electron chi connectivity index (χ3n) is 6.79. The number of hydrogen-bond donors (Lipinski definition) is 3. The van der Waals surface area contributed by atoms with Crippen LogP contribution in [-0.2, 0) is 20.7 Å².